The van der Waals surface area contributed by atoms with Gasteiger partial charge in [-0.05, 0) is 66.3 Å². The molecule has 0 atom stereocenters. The van der Waals surface area contributed by atoms with Crippen LogP contribution in [0.4, 0.5) is 10.7 Å². The molecule has 1 aliphatic carbocycles. The summed E-state index contributed by atoms with van der Waals surface area (Å²) in [5.41, 5.74) is 7.10. The number of rotatable bonds is 5. The first kappa shape index (κ1) is 19.5. The largest absolute Gasteiger partial charge is 0.313 e. The summed E-state index contributed by atoms with van der Waals surface area (Å²) in [6.07, 6.45) is 6.33. The summed E-state index contributed by atoms with van der Waals surface area (Å²) in [5, 5.41) is 10.9. The standard InChI is InChI=1S/C26H23N3OS/c30-25(19-9-2-1-3-10-19)28-26-23(22-12-6-7-13-24(22)31-26)17-27-29-21-15-14-18-8-4-5-11-20(18)16-21/h1-5,8-11,14-17,29H,6-7,12-13H2,(H,28,30)/b27-17+. The van der Waals surface area contributed by atoms with Crippen LogP contribution in [0.15, 0.2) is 77.9 Å². The van der Waals surface area contributed by atoms with E-state index in [2.05, 4.69) is 40.1 Å². The maximum atomic E-state index is 12.7. The van der Waals surface area contributed by atoms with Crippen molar-refractivity contribution in [1.29, 1.82) is 0 Å². The predicted molar refractivity (Wildman–Crippen MR) is 131 cm³/mol. The number of anilines is 2. The van der Waals surface area contributed by atoms with Crippen LogP contribution in [-0.2, 0) is 12.8 Å². The van der Waals surface area contributed by atoms with Gasteiger partial charge in [-0.1, -0.05) is 48.5 Å². The maximum absolute atomic E-state index is 12.7. The van der Waals surface area contributed by atoms with Crippen molar-refractivity contribution in [2.45, 2.75) is 25.7 Å². The van der Waals surface area contributed by atoms with Crippen molar-refractivity contribution in [2.24, 2.45) is 5.10 Å². The number of thiophene rings is 1. The summed E-state index contributed by atoms with van der Waals surface area (Å²) in [4.78, 5) is 14.1. The molecule has 2 N–H and O–H groups in total. The van der Waals surface area contributed by atoms with Gasteiger partial charge < -0.3 is 5.32 Å². The smallest absolute Gasteiger partial charge is 0.256 e. The fourth-order valence-corrected chi connectivity index (χ4v) is 5.27. The van der Waals surface area contributed by atoms with Crippen molar-refractivity contribution >= 4 is 44.9 Å². The number of amides is 1. The molecule has 1 aliphatic rings. The molecule has 31 heavy (non-hydrogen) atoms. The molecule has 0 fully saturated rings. The number of hydrogen-bond donors (Lipinski definition) is 2. The van der Waals surface area contributed by atoms with Crippen molar-refractivity contribution in [3.8, 4) is 0 Å². The Bertz CT molecular complexity index is 1260. The fraction of sp³-hybridized carbons (Fsp3) is 0.154. The van der Waals surface area contributed by atoms with E-state index >= 15 is 0 Å². The Morgan fingerprint density at radius 3 is 2.55 bits per heavy atom. The zero-order valence-corrected chi connectivity index (χ0v) is 17.9. The first-order valence-electron chi connectivity index (χ1n) is 10.6. The molecule has 0 spiro atoms. The summed E-state index contributed by atoms with van der Waals surface area (Å²) in [7, 11) is 0. The van der Waals surface area contributed by atoms with Gasteiger partial charge in [-0.2, -0.15) is 5.10 Å². The lowest BCUT2D eigenvalue weighted by atomic mass is 9.96. The monoisotopic (exact) mass is 425 g/mol. The Labute approximate surface area is 185 Å². The van der Waals surface area contributed by atoms with E-state index in [4.69, 9.17) is 0 Å². The van der Waals surface area contributed by atoms with E-state index < -0.39 is 0 Å². The highest BCUT2D eigenvalue weighted by Crippen LogP contribution is 2.37. The number of hydrazone groups is 1. The minimum atomic E-state index is -0.0867. The van der Waals surface area contributed by atoms with Gasteiger partial charge in [-0.15, -0.1) is 11.3 Å². The molecule has 1 amide bonds. The number of carbonyl (C=O) groups is 1. The highest BCUT2D eigenvalue weighted by molar-refractivity contribution is 7.17. The van der Waals surface area contributed by atoms with Gasteiger partial charge >= 0.3 is 0 Å². The van der Waals surface area contributed by atoms with Crippen molar-refractivity contribution < 1.29 is 4.79 Å². The highest BCUT2D eigenvalue weighted by Gasteiger charge is 2.21. The molecule has 1 heterocycles. The van der Waals surface area contributed by atoms with Crippen LogP contribution >= 0.6 is 11.3 Å². The quantitative estimate of drug-likeness (QED) is 0.284. The van der Waals surface area contributed by atoms with E-state index in [1.165, 1.54) is 34.1 Å². The second-order valence-electron chi connectivity index (χ2n) is 7.71. The van der Waals surface area contributed by atoms with E-state index in [1.54, 1.807) is 11.3 Å². The number of aryl methyl sites for hydroxylation is 1. The van der Waals surface area contributed by atoms with Crippen LogP contribution in [0, 0.1) is 0 Å². The van der Waals surface area contributed by atoms with Crippen LogP contribution in [0.3, 0.4) is 0 Å². The molecule has 4 nitrogen and oxygen atoms in total. The molecule has 3 aromatic carbocycles. The molecule has 5 heteroatoms. The molecule has 1 aromatic heterocycles. The van der Waals surface area contributed by atoms with Gasteiger partial charge in [0.2, 0.25) is 0 Å². The zero-order chi connectivity index (χ0) is 21.0. The highest BCUT2D eigenvalue weighted by atomic mass is 32.1. The van der Waals surface area contributed by atoms with E-state index in [-0.39, 0.29) is 5.91 Å². The molecule has 0 saturated heterocycles. The number of benzene rings is 3. The summed E-state index contributed by atoms with van der Waals surface area (Å²) in [6.45, 7) is 0. The Morgan fingerprint density at radius 2 is 1.68 bits per heavy atom. The van der Waals surface area contributed by atoms with Gasteiger partial charge in [0, 0.05) is 16.0 Å². The van der Waals surface area contributed by atoms with Crippen molar-refractivity contribution in [2.75, 3.05) is 10.7 Å². The molecular weight excluding hydrogens is 402 g/mol. The molecule has 0 unspecified atom stereocenters. The number of fused-ring (bicyclic) bond motifs is 2. The minimum Gasteiger partial charge on any atom is -0.313 e. The lowest BCUT2D eigenvalue weighted by molar-refractivity contribution is 0.102. The fourth-order valence-electron chi connectivity index (χ4n) is 4.01. The van der Waals surface area contributed by atoms with Gasteiger partial charge in [-0.3, -0.25) is 10.2 Å². The molecule has 154 valence electrons. The van der Waals surface area contributed by atoms with Gasteiger partial charge in [-0.25, -0.2) is 0 Å². The van der Waals surface area contributed by atoms with Crippen LogP contribution in [0.1, 0.15) is 39.2 Å². The van der Waals surface area contributed by atoms with Crippen LogP contribution in [0.5, 0.6) is 0 Å². The molecule has 0 radical (unpaired) electrons. The average Bonchev–Trinajstić information content (AvgIpc) is 3.16. The van der Waals surface area contributed by atoms with Gasteiger partial charge in [0.05, 0.1) is 11.9 Å². The summed E-state index contributed by atoms with van der Waals surface area (Å²) in [5.74, 6) is -0.0867. The summed E-state index contributed by atoms with van der Waals surface area (Å²) >= 11 is 1.68. The van der Waals surface area contributed by atoms with Crippen molar-refractivity contribution in [3.63, 3.8) is 0 Å². The first-order chi connectivity index (χ1) is 15.3. The average molecular weight is 426 g/mol. The third kappa shape index (κ3) is 4.23. The topological polar surface area (TPSA) is 53.5 Å². The third-order valence-electron chi connectivity index (χ3n) is 5.61. The predicted octanol–water partition coefficient (Wildman–Crippen LogP) is 6.48. The Kier molecular flexibility index (Phi) is 5.50. The number of nitrogens with zero attached hydrogens (tertiary/aromatic N) is 1. The summed E-state index contributed by atoms with van der Waals surface area (Å²) < 4.78 is 0. The number of carbonyl (C=O) groups excluding carboxylic acids is 1. The SMILES string of the molecule is O=C(Nc1sc2c(c1/C=N/Nc1ccc3ccccc3c1)CCCC2)c1ccccc1. The van der Waals surface area contributed by atoms with E-state index in [0.29, 0.717) is 5.56 Å². The van der Waals surface area contributed by atoms with E-state index in [1.807, 2.05) is 54.7 Å². The van der Waals surface area contributed by atoms with Gasteiger partial charge in [0.15, 0.2) is 0 Å². The second-order valence-corrected chi connectivity index (χ2v) is 8.81. The first-order valence-corrected chi connectivity index (χ1v) is 11.4. The zero-order valence-electron chi connectivity index (χ0n) is 17.1. The van der Waals surface area contributed by atoms with Crippen LogP contribution in [0.25, 0.3) is 10.8 Å². The molecule has 0 saturated carbocycles. The van der Waals surface area contributed by atoms with Crippen molar-refractivity contribution in [3.05, 3.63) is 94.4 Å². The lowest BCUT2D eigenvalue weighted by Gasteiger charge is -2.11. The molecule has 5 rings (SSSR count). The number of hydrogen-bond acceptors (Lipinski definition) is 4. The third-order valence-corrected chi connectivity index (χ3v) is 6.84. The molecule has 4 aromatic rings. The molecule has 0 aliphatic heterocycles. The van der Waals surface area contributed by atoms with Crippen molar-refractivity contribution in [1.82, 2.24) is 0 Å². The number of nitrogens with one attached hydrogen (secondary N) is 2. The van der Waals surface area contributed by atoms with Gasteiger partial charge in [0.1, 0.15) is 5.00 Å². The maximum Gasteiger partial charge on any atom is 0.256 e. The second kappa shape index (κ2) is 8.74. The lowest BCUT2D eigenvalue weighted by Crippen LogP contribution is -2.12. The molecular formula is C26H23N3OS. The van der Waals surface area contributed by atoms with Crippen LogP contribution in [-0.4, -0.2) is 12.1 Å². The Balaban J connectivity index is 1.40. The minimum absolute atomic E-state index is 0.0867. The normalized spacial score (nSPS) is 13.3. The molecule has 0 bridgehead atoms. The van der Waals surface area contributed by atoms with E-state index in [9.17, 15) is 4.79 Å². The Morgan fingerprint density at radius 1 is 0.903 bits per heavy atom. The van der Waals surface area contributed by atoms with Gasteiger partial charge in [0.25, 0.3) is 5.91 Å². The van der Waals surface area contributed by atoms with E-state index in [0.717, 1.165) is 29.1 Å². The van der Waals surface area contributed by atoms with Crippen LogP contribution in [0.2, 0.25) is 0 Å². The Hall–Kier alpha value is -3.44. The summed E-state index contributed by atoms with van der Waals surface area (Å²) in [6, 6.07) is 23.8. The van der Waals surface area contributed by atoms with Crippen LogP contribution < -0.4 is 10.7 Å².